The molecule has 9 nitrogen and oxygen atoms in total. The van der Waals surface area contributed by atoms with E-state index in [1.54, 1.807) is 29.2 Å². The van der Waals surface area contributed by atoms with Gasteiger partial charge in [-0.05, 0) is 43.6 Å². The van der Waals surface area contributed by atoms with Crippen LogP contribution in [0.4, 0.5) is 11.4 Å². The van der Waals surface area contributed by atoms with Crippen molar-refractivity contribution in [2.75, 3.05) is 31.3 Å². The van der Waals surface area contributed by atoms with Gasteiger partial charge in [0, 0.05) is 17.6 Å². The quantitative estimate of drug-likeness (QED) is 0.670. The number of anilines is 2. The van der Waals surface area contributed by atoms with Crippen molar-refractivity contribution in [3.8, 4) is 6.07 Å². The van der Waals surface area contributed by atoms with Crippen LogP contribution < -0.4 is 10.6 Å². The second-order valence-corrected chi connectivity index (χ2v) is 4.91. The Balaban J connectivity index is 1.97. The van der Waals surface area contributed by atoms with Crippen molar-refractivity contribution >= 4 is 22.9 Å². The minimum Gasteiger partial charge on any atom is -0.360 e. The Morgan fingerprint density at radius 3 is 2.61 bits per heavy atom. The molecule has 0 atom stereocenters. The number of carbonyl (C=O) groups is 1. The molecule has 0 saturated heterocycles. The number of benzene rings is 1. The van der Waals surface area contributed by atoms with Crippen LogP contribution in [0.2, 0.25) is 0 Å². The van der Waals surface area contributed by atoms with E-state index in [9.17, 15) is 4.79 Å². The van der Waals surface area contributed by atoms with Crippen molar-refractivity contribution in [2.45, 2.75) is 0 Å². The van der Waals surface area contributed by atoms with Crippen LogP contribution in [-0.4, -0.2) is 52.1 Å². The van der Waals surface area contributed by atoms with E-state index in [4.69, 9.17) is 5.26 Å². The van der Waals surface area contributed by atoms with Gasteiger partial charge in [0.25, 0.3) is 0 Å². The topological polar surface area (TPSA) is 123 Å². The fourth-order valence-electron chi connectivity index (χ4n) is 1.72. The van der Waals surface area contributed by atoms with Gasteiger partial charge in [-0.25, -0.2) is 0 Å². The molecule has 1 aromatic heterocycles. The normalized spacial score (nSPS) is 11.1. The minimum atomic E-state index is -0.0838. The van der Waals surface area contributed by atoms with Gasteiger partial charge in [0.2, 0.25) is 11.7 Å². The van der Waals surface area contributed by atoms with Crippen LogP contribution >= 0.6 is 0 Å². The summed E-state index contributed by atoms with van der Waals surface area (Å²) in [7, 11) is 3.66. The molecule has 118 valence electrons. The van der Waals surface area contributed by atoms with Crippen molar-refractivity contribution in [1.82, 2.24) is 25.5 Å². The van der Waals surface area contributed by atoms with E-state index < -0.39 is 0 Å². The molecule has 0 fully saturated rings. The third-order valence-electron chi connectivity index (χ3n) is 2.72. The Labute approximate surface area is 133 Å². The molecule has 1 aromatic carbocycles. The van der Waals surface area contributed by atoms with Gasteiger partial charge in [-0.15, -0.1) is 10.2 Å². The second-order valence-electron chi connectivity index (χ2n) is 4.91. The highest BCUT2D eigenvalue weighted by Gasteiger charge is 2.06. The van der Waals surface area contributed by atoms with E-state index >= 15 is 0 Å². The first kappa shape index (κ1) is 16.1. The SMILES string of the molecule is CN(C)CC(=O)Nc1ccc(NC=C(C#N)c2nn[nH]n2)cc1. The predicted molar refractivity (Wildman–Crippen MR) is 85.0 cm³/mol. The first-order chi connectivity index (χ1) is 11.1. The molecule has 0 aliphatic carbocycles. The number of nitrogens with one attached hydrogen (secondary N) is 3. The fraction of sp³-hybridized carbons (Fsp3) is 0.214. The van der Waals surface area contributed by atoms with Gasteiger partial charge in [-0.2, -0.15) is 10.5 Å². The van der Waals surface area contributed by atoms with E-state index in [-0.39, 0.29) is 17.3 Å². The number of allylic oxidation sites excluding steroid dienone is 1. The number of carbonyl (C=O) groups excluding carboxylic acids is 1. The van der Waals surface area contributed by atoms with Crippen LogP contribution in [0.5, 0.6) is 0 Å². The zero-order valence-corrected chi connectivity index (χ0v) is 12.7. The lowest BCUT2D eigenvalue weighted by Crippen LogP contribution is -2.27. The maximum absolute atomic E-state index is 11.7. The van der Waals surface area contributed by atoms with Gasteiger partial charge >= 0.3 is 0 Å². The maximum Gasteiger partial charge on any atom is 0.238 e. The van der Waals surface area contributed by atoms with Gasteiger partial charge in [0.15, 0.2) is 0 Å². The number of nitriles is 1. The van der Waals surface area contributed by atoms with E-state index in [2.05, 4.69) is 31.3 Å². The largest absolute Gasteiger partial charge is 0.360 e. The second kappa shape index (κ2) is 7.67. The van der Waals surface area contributed by atoms with Crippen LogP contribution in [0.25, 0.3) is 5.57 Å². The zero-order chi connectivity index (χ0) is 16.7. The van der Waals surface area contributed by atoms with E-state index in [1.165, 1.54) is 6.20 Å². The number of aromatic amines is 1. The Morgan fingerprint density at radius 2 is 2.04 bits per heavy atom. The first-order valence-corrected chi connectivity index (χ1v) is 6.74. The van der Waals surface area contributed by atoms with Gasteiger partial charge in [-0.1, -0.05) is 0 Å². The molecule has 0 bridgehead atoms. The number of hydrogen-bond acceptors (Lipinski definition) is 7. The van der Waals surface area contributed by atoms with E-state index in [0.29, 0.717) is 12.2 Å². The highest BCUT2D eigenvalue weighted by molar-refractivity contribution is 5.92. The number of hydrogen-bond donors (Lipinski definition) is 3. The van der Waals surface area contributed by atoms with E-state index in [0.717, 1.165) is 5.69 Å². The summed E-state index contributed by atoms with van der Waals surface area (Å²) in [6, 6.07) is 9.09. The number of likely N-dealkylation sites (N-methyl/N-ethyl adjacent to an activating group) is 1. The fourth-order valence-corrected chi connectivity index (χ4v) is 1.72. The predicted octanol–water partition coefficient (Wildman–Crippen LogP) is 0.676. The summed E-state index contributed by atoms with van der Waals surface area (Å²) in [5.74, 6) is 0.132. The monoisotopic (exact) mass is 312 g/mol. The summed E-state index contributed by atoms with van der Waals surface area (Å²) < 4.78 is 0. The highest BCUT2D eigenvalue weighted by atomic mass is 16.2. The summed E-state index contributed by atoms with van der Waals surface area (Å²) in [6.07, 6.45) is 1.49. The van der Waals surface area contributed by atoms with Gasteiger partial charge in [0.05, 0.1) is 6.54 Å². The molecule has 0 aliphatic heterocycles. The lowest BCUT2D eigenvalue weighted by molar-refractivity contribution is -0.116. The smallest absolute Gasteiger partial charge is 0.238 e. The van der Waals surface area contributed by atoms with Crippen molar-refractivity contribution in [2.24, 2.45) is 0 Å². The van der Waals surface area contributed by atoms with Crippen molar-refractivity contribution < 1.29 is 4.79 Å². The van der Waals surface area contributed by atoms with Crippen molar-refractivity contribution in [1.29, 1.82) is 5.26 Å². The van der Waals surface area contributed by atoms with Crippen molar-refractivity contribution in [3.05, 3.63) is 36.3 Å². The molecule has 2 aromatic rings. The number of aromatic nitrogens is 4. The Morgan fingerprint density at radius 1 is 1.35 bits per heavy atom. The molecule has 1 heterocycles. The van der Waals surface area contributed by atoms with Crippen LogP contribution in [0.15, 0.2) is 30.5 Å². The molecular weight excluding hydrogens is 296 g/mol. The van der Waals surface area contributed by atoms with Crippen LogP contribution in [0, 0.1) is 11.3 Å². The minimum absolute atomic E-state index is 0.0838. The molecular formula is C14H16N8O. The third kappa shape index (κ3) is 4.90. The van der Waals surface area contributed by atoms with Gasteiger partial charge in [-0.3, -0.25) is 4.79 Å². The first-order valence-electron chi connectivity index (χ1n) is 6.74. The van der Waals surface area contributed by atoms with Crippen molar-refractivity contribution in [3.63, 3.8) is 0 Å². The summed E-state index contributed by atoms with van der Waals surface area (Å²) in [5.41, 5.74) is 1.71. The Hall–Kier alpha value is -3.25. The molecule has 0 unspecified atom stereocenters. The number of amides is 1. The summed E-state index contributed by atoms with van der Waals surface area (Å²) in [6.45, 7) is 0.318. The molecule has 0 spiro atoms. The lowest BCUT2D eigenvalue weighted by atomic mass is 10.2. The van der Waals surface area contributed by atoms with Crippen LogP contribution in [0.3, 0.4) is 0 Å². The van der Waals surface area contributed by atoms with Crippen LogP contribution in [0.1, 0.15) is 5.82 Å². The molecule has 0 saturated carbocycles. The highest BCUT2D eigenvalue weighted by Crippen LogP contribution is 2.15. The number of nitrogens with zero attached hydrogens (tertiary/aromatic N) is 5. The van der Waals surface area contributed by atoms with E-state index in [1.807, 2.05) is 20.2 Å². The summed E-state index contributed by atoms with van der Waals surface area (Å²) >= 11 is 0. The number of tetrazole rings is 1. The number of rotatable bonds is 6. The standard InChI is InChI=1S/C14H16N8O/c1-22(2)9-13(23)17-12-5-3-11(4-6-12)16-8-10(7-15)14-18-20-21-19-14/h3-6,8,16H,9H2,1-2H3,(H,17,23)(H,18,19,20,21). The maximum atomic E-state index is 11.7. The zero-order valence-electron chi connectivity index (χ0n) is 12.7. The van der Waals surface area contributed by atoms with Gasteiger partial charge in [0.1, 0.15) is 11.6 Å². The molecule has 3 N–H and O–H groups in total. The molecule has 9 heteroatoms. The summed E-state index contributed by atoms with van der Waals surface area (Å²) in [4.78, 5) is 13.4. The molecule has 2 rings (SSSR count). The van der Waals surface area contributed by atoms with Crippen LogP contribution in [-0.2, 0) is 4.79 Å². The molecule has 0 aliphatic rings. The lowest BCUT2D eigenvalue weighted by Gasteiger charge is -2.10. The molecule has 23 heavy (non-hydrogen) atoms. The van der Waals surface area contributed by atoms with Gasteiger partial charge < -0.3 is 15.5 Å². The Kier molecular flexibility index (Phi) is 5.38. The average molecular weight is 312 g/mol. The molecule has 0 radical (unpaired) electrons. The Bertz CT molecular complexity index is 712. The molecule has 1 amide bonds. The average Bonchev–Trinajstić information content (AvgIpc) is 3.03. The third-order valence-corrected chi connectivity index (χ3v) is 2.72. The number of H-pyrrole nitrogens is 1. The summed E-state index contributed by atoms with van der Waals surface area (Å²) in [5, 5.41) is 28.0.